The Labute approximate surface area is 195 Å². The molecule has 8 heteroatoms. The van der Waals surface area contributed by atoms with Crippen LogP contribution < -0.4 is 15.4 Å². The third kappa shape index (κ3) is 5.47. The van der Waals surface area contributed by atoms with Crippen molar-refractivity contribution < 1.29 is 23.5 Å². The number of hydrogen-bond donors (Lipinski definition) is 2. The van der Waals surface area contributed by atoms with Gasteiger partial charge in [-0.25, -0.2) is 19.0 Å². The molecule has 0 radical (unpaired) electrons. The van der Waals surface area contributed by atoms with Crippen LogP contribution >= 0.6 is 0 Å². The standard InChI is InChI=1S/C26H22FN3O4/c1-16-4-3-5-19(12-16)28-26(32)29-20-10-11-22-21(13-20)24(34-15-25(31)33-2)14-23(30-22)17-6-8-18(27)9-7-17/h3-14H,15H2,1-2H3,(H2,28,29,32). The van der Waals surface area contributed by atoms with E-state index in [1.807, 2.05) is 25.1 Å². The van der Waals surface area contributed by atoms with Crippen molar-refractivity contribution in [2.75, 3.05) is 24.4 Å². The van der Waals surface area contributed by atoms with Crippen LogP contribution in [0.2, 0.25) is 0 Å². The summed E-state index contributed by atoms with van der Waals surface area (Å²) >= 11 is 0. The average Bonchev–Trinajstić information content (AvgIpc) is 2.82. The van der Waals surface area contributed by atoms with E-state index in [2.05, 4.69) is 20.4 Å². The first-order chi connectivity index (χ1) is 16.4. The first-order valence-electron chi connectivity index (χ1n) is 10.5. The van der Waals surface area contributed by atoms with Crippen molar-refractivity contribution in [3.8, 4) is 17.0 Å². The highest BCUT2D eigenvalue weighted by Crippen LogP contribution is 2.32. The molecule has 7 nitrogen and oxygen atoms in total. The second kappa shape index (κ2) is 9.99. The molecular weight excluding hydrogens is 437 g/mol. The minimum Gasteiger partial charge on any atom is -0.481 e. The predicted octanol–water partition coefficient (Wildman–Crippen LogP) is 5.55. The SMILES string of the molecule is COC(=O)COc1cc(-c2ccc(F)cc2)nc2ccc(NC(=O)Nc3cccc(C)c3)cc12. The number of aromatic nitrogens is 1. The number of methoxy groups -OCH3 is 1. The maximum absolute atomic E-state index is 13.4. The summed E-state index contributed by atoms with van der Waals surface area (Å²) in [6, 6.07) is 19.8. The quantitative estimate of drug-likeness (QED) is 0.369. The van der Waals surface area contributed by atoms with Crippen LogP contribution in [-0.4, -0.2) is 30.7 Å². The zero-order chi connectivity index (χ0) is 24.1. The molecule has 0 spiro atoms. The Morgan fingerprint density at radius 1 is 0.941 bits per heavy atom. The van der Waals surface area contributed by atoms with Crippen LogP contribution in [0, 0.1) is 12.7 Å². The first kappa shape index (κ1) is 22.7. The summed E-state index contributed by atoms with van der Waals surface area (Å²) in [6.45, 7) is 1.64. The van der Waals surface area contributed by atoms with Crippen LogP contribution in [0.3, 0.4) is 0 Å². The van der Waals surface area contributed by atoms with Crippen molar-refractivity contribution in [1.82, 2.24) is 4.98 Å². The van der Waals surface area contributed by atoms with Crippen LogP contribution in [0.15, 0.2) is 72.8 Å². The molecule has 34 heavy (non-hydrogen) atoms. The van der Waals surface area contributed by atoms with Crippen LogP contribution in [0.5, 0.6) is 5.75 Å². The van der Waals surface area contributed by atoms with E-state index >= 15 is 0 Å². The second-order valence-electron chi connectivity index (χ2n) is 7.56. The molecule has 0 saturated heterocycles. The van der Waals surface area contributed by atoms with E-state index in [-0.39, 0.29) is 12.4 Å². The van der Waals surface area contributed by atoms with Gasteiger partial charge in [0, 0.05) is 28.4 Å². The molecule has 0 aliphatic carbocycles. The van der Waals surface area contributed by atoms with Gasteiger partial charge in [-0.2, -0.15) is 0 Å². The van der Waals surface area contributed by atoms with Gasteiger partial charge in [0.25, 0.3) is 0 Å². The molecule has 0 unspecified atom stereocenters. The summed E-state index contributed by atoms with van der Waals surface area (Å²) in [7, 11) is 1.27. The Balaban J connectivity index is 1.65. The molecule has 0 saturated carbocycles. The summed E-state index contributed by atoms with van der Waals surface area (Å²) in [5, 5.41) is 6.17. The summed E-state index contributed by atoms with van der Waals surface area (Å²) in [5.74, 6) is -0.524. The second-order valence-corrected chi connectivity index (χ2v) is 7.56. The number of carbonyl (C=O) groups is 2. The lowest BCUT2D eigenvalue weighted by Crippen LogP contribution is -2.19. The number of ether oxygens (including phenoxy) is 2. The highest BCUT2D eigenvalue weighted by Gasteiger charge is 2.13. The van der Waals surface area contributed by atoms with Gasteiger partial charge in [0.05, 0.1) is 18.3 Å². The Morgan fingerprint density at radius 2 is 1.68 bits per heavy atom. The van der Waals surface area contributed by atoms with Gasteiger partial charge in [0.2, 0.25) is 0 Å². The number of aryl methyl sites for hydroxylation is 1. The van der Waals surface area contributed by atoms with Crippen LogP contribution in [0.25, 0.3) is 22.2 Å². The molecule has 3 aromatic carbocycles. The van der Waals surface area contributed by atoms with Gasteiger partial charge >= 0.3 is 12.0 Å². The first-order valence-corrected chi connectivity index (χ1v) is 10.5. The molecule has 0 fully saturated rings. The van der Waals surface area contributed by atoms with Crippen molar-refractivity contribution in [2.24, 2.45) is 0 Å². The maximum atomic E-state index is 13.4. The summed E-state index contributed by atoms with van der Waals surface area (Å²) < 4.78 is 23.7. The molecule has 172 valence electrons. The van der Waals surface area contributed by atoms with Crippen molar-refractivity contribution in [3.63, 3.8) is 0 Å². The lowest BCUT2D eigenvalue weighted by atomic mass is 10.1. The van der Waals surface area contributed by atoms with Crippen LogP contribution in [0.4, 0.5) is 20.6 Å². The monoisotopic (exact) mass is 459 g/mol. The third-order valence-corrected chi connectivity index (χ3v) is 5.02. The number of amides is 2. The van der Waals surface area contributed by atoms with Gasteiger partial charge in [0.1, 0.15) is 11.6 Å². The van der Waals surface area contributed by atoms with E-state index in [1.54, 1.807) is 42.5 Å². The smallest absolute Gasteiger partial charge is 0.343 e. The molecule has 2 N–H and O–H groups in total. The van der Waals surface area contributed by atoms with Gasteiger partial charge in [0.15, 0.2) is 6.61 Å². The largest absolute Gasteiger partial charge is 0.481 e. The number of halogens is 1. The van der Waals surface area contributed by atoms with Crippen molar-refractivity contribution in [3.05, 3.63) is 84.2 Å². The fourth-order valence-corrected chi connectivity index (χ4v) is 3.37. The molecule has 2 amide bonds. The highest BCUT2D eigenvalue weighted by molar-refractivity contribution is 6.01. The number of nitrogens with one attached hydrogen (secondary N) is 2. The van der Waals surface area contributed by atoms with Crippen molar-refractivity contribution >= 4 is 34.3 Å². The number of benzene rings is 3. The van der Waals surface area contributed by atoms with Gasteiger partial charge in [-0.3, -0.25) is 0 Å². The minimum atomic E-state index is -0.542. The minimum absolute atomic E-state index is 0.302. The van der Waals surface area contributed by atoms with Gasteiger partial charge in [-0.05, 0) is 67.1 Å². The van der Waals surface area contributed by atoms with E-state index in [0.29, 0.717) is 39.3 Å². The van der Waals surface area contributed by atoms with Gasteiger partial charge < -0.3 is 20.1 Å². The number of fused-ring (bicyclic) bond motifs is 1. The lowest BCUT2D eigenvalue weighted by Gasteiger charge is -2.13. The number of esters is 1. The number of hydrogen-bond acceptors (Lipinski definition) is 5. The summed E-state index contributed by atoms with van der Waals surface area (Å²) in [5.41, 5.74) is 4.02. The zero-order valence-corrected chi connectivity index (χ0v) is 18.6. The van der Waals surface area contributed by atoms with Crippen LogP contribution in [-0.2, 0) is 9.53 Å². The zero-order valence-electron chi connectivity index (χ0n) is 18.6. The number of anilines is 2. The molecule has 4 rings (SSSR count). The fourth-order valence-electron chi connectivity index (χ4n) is 3.37. The van der Waals surface area contributed by atoms with Crippen LogP contribution in [0.1, 0.15) is 5.56 Å². The topological polar surface area (TPSA) is 89.6 Å². The molecule has 0 atom stereocenters. The normalized spacial score (nSPS) is 10.6. The maximum Gasteiger partial charge on any atom is 0.343 e. The Hall–Kier alpha value is -4.46. The number of rotatable bonds is 6. The van der Waals surface area contributed by atoms with Crippen molar-refractivity contribution in [2.45, 2.75) is 6.92 Å². The van der Waals surface area contributed by atoms with Gasteiger partial charge in [-0.15, -0.1) is 0 Å². The molecule has 4 aromatic rings. The lowest BCUT2D eigenvalue weighted by molar-refractivity contribution is -0.142. The van der Waals surface area contributed by atoms with Gasteiger partial charge in [-0.1, -0.05) is 12.1 Å². The molecule has 1 heterocycles. The third-order valence-electron chi connectivity index (χ3n) is 5.02. The summed E-state index contributed by atoms with van der Waals surface area (Å²) in [6.07, 6.45) is 0. The van der Waals surface area contributed by atoms with E-state index in [1.165, 1.54) is 19.2 Å². The average molecular weight is 459 g/mol. The van der Waals surface area contributed by atoms with E-state index in [9.17, 15) is 14.0 Å². The number of carbonyl (C=O) groups excluding carboxylic acids is 2. The summed E-state index contributed by atoms with van der Waals surface area (Å²) in [4.78, 5) is 28.8. The molecule has 0 aliphatic heterocycles. The molecule has 1 aromatic heterocycles. The fraction of sp³-hybridized carbons (Fsp3) is 0.115. The van der Waals surface area contributed by atoms with E-state index in [4.69, 9.17) is 4.74 Å². The highest BCUT2D eigenvalue weighted by atomic mass is 19.1. The predicted molar refractivity (Wildman–Crippen MR) is 128 cm³/mol. The Morgan fingerprint density at radius 3 is 2.38 bits per heavy atom. The van der Waals surface area contributed by atoms with E-state index in [0.717, 1.165) is 5.56 Å². The number of pyridine rings is 1. The molecule has 0 bridgehead atoms. The number of urea groups is 1. The number of nitrogens with zero attached hydrogens (tertiary/aromatic N) is 1. The van der Waals surface area contributed by atoms with Crippen molar-refractivity contribution in [1.29, 1.82) is 0 Å². The molecule has 0 aliphatic rings. The molecular formula is C26H22FN3O4. The van der Waals surface area contributed by atoms with E-state index < -0.39 is 12.0 Å². The Bertz CT molecular complexity index is 1360. The Kier molecular flexibility index (Phi) is 6.68.